The molecule has 0 aliphatic heterocycles. The number of aryl methyl sites for hydroxylation is 2. The van der Waals surface area contributed by atoms with Crippen LogP contribution in [0.15, 0.2) is 35.1 Å². The minimum Gasteiger partial charge on any atom is -0.347 e. The highest BCUT2D eigenvalue weighted by Crippen LogP contribution is 2.35. The maximum Gasteiger partial charge on any atom is 0.304 e. The van der Waals surface area contributed by atoms with Gasteiger partial charge in [0.2, 0.25) is 0 Å². The Hall–Kier alpha value is -3.99. The average molecular weight is 359 g/mol. The molecule has 0 saturated carbocycles. The first-order valence-corrected chi connectivity index (χ1v) is 8.11. The molecule has 0 aliphatic rings. The monoisotopic (exact) mass is 359 g/mol. The summed E-state index contributed by atoms with van der Waals surface area (Å²) in [6.07, 6.45) is 0. The summed E-state index contributed by atoms with van der Waals surface area (Å²) in [7, 11) is 0. The first kappa shape index (κ1) is 16.5. The highest BCUT2D eigenvalue weighted by atomic mass is 16.6. The summed E-state index contributed by atoms with van der Waals surface area (Å²) < 4.78 is 0. The fraction of sp³-hybridized carbons (Fsp3) is 0.105. The van der Waals surface area contributed by atoms with Gasteiger partial charge in [0, 0.05) is 0 Å². The number of fused-ring (bicyclic) bond motifs is 2. The molecule has 0 spiro atoms. The molecule has 0 aliphatic carbocycles. The van der Waals surface area contributed by atoms with Crippen molar-refractivity contribution in [1.29, 1.82) is 5.26 Å². The number of benzene rings is 2. The van der Waals surface area contributed by atoms with Gasteiger partial charge in [0.25, 0.3) is 5.56 Å². The van der Waals surface area contributed by atoms with Gasteiger partial charge in [0.1, 0.15) is 5.69 Å². The first-order valence-electron chi connectivity index (χ1n) is 8.11. The van der Waals surface area contributed by atoms with Crippen molar-refractivity contribution >= 4 is 27.6 Å². The molecular weight excluding hydrogens is 346 g/mol. The van der Waals surface area contributed by atoms with E-state index >= 15 is 0 Å². The van der Waals surface area contributed by atoms with Gasteiger partial charge >= 0.3 is 5.69 Å². The number of nitriles is 1. The number of aromatic amines is 2. The van der Waals surface area contributed by atoms with Gasteiger partial charge < -0.3 is 9.97 Å². The van der Waals surface area contributed by atoms with E-state index in [0.29, 0.717) is 22.1 Å². The second-order valence-corrected chi connectivity index (χ2v) is 6.35. The van der Waals surface area contributed by atoms with Gasteiger partial charge in [-0.1, -0.05) is 0 Å². The average Bonchev–Trinajstić information content (AvgIpc) is 3.01. The Kier molecular flexibility index (Phi) is 3.53. The molecule has 8 heteroatoms. The standard InChI is InChI=1S/C19H13N5O3/c1-9-5-14-15(6-10(9)2)23-19(25)17(22-14)16-18(24(26)27)12-7-11(8-20)3-4-13(12)21-16/h3-7,21H,1-2H3,(H,23,25). The number of H-pyrrole nitrogens is 2. The third-order valence-corrected chi connectivity index (χ3v) is 4.63. The molecule has 0 amide bonds. The normalized spacial score (nSPS) is 11.0. The molecule has 4 aromatic rings. The number of nitrogens with one attached hydrogen (secondary N) is 2. The van der Waals surface area contributed by atoms with Crippen molar-refractivity contribution in [1.82, 2.24) is 15.0 Å². The Balaban J connectivity index is 2.07. The summed E-state index contributed by atoms with van der Waals surface area (Å²) in [6, 6.07) is 10.2. The van der Waals surface area contributed by atoms with Crippen LogP contribution in [0.25, 0.3) is 33.3 Å². The third-order valence-electron chi connectivity index (χ3n) is 4.63. The third kappa shape index (κ3) is 2.53. The van der Waals surface area contributed by atoms with Crippen LogP contribution in [0.5, 0.6) is 0 Å². The summed E-state index contributed by atoms with van der Waals surface area (Å²) in [6.45, 7) is 3.85. The van der Waals surface area contributed by atoms with Gasteiger partial charge in [-0.05, 0) is 55.3 Å². The van der Waals surface area contributed by atoms with Crippen LogP contribution in [0.4, 0.5) is 5.69 Å². The lowest BCUT2D eigenvalue weighted by Gasteiger charge is -2.05. The van der Waals surface area contributed by atoms with Crippen molar-refractivity contribution in [3.8, 4) is 17.5 Å². The molecule has 0 radical (unpaired) electrons. The van der Waals surface area contributed by atoms with E-state index in [1.807, 2.05) is 32.0 Å². The molecule has 0 saturated heterocycles. The SMILES string of the molecule is Cc1cc2nc(-c3[nH]c4ccc(C#N)cc4c3[N+](=O)[O-])c(=O)[nH]c2cc1C. The summed E-state index contributed by atoms with van der Waals surface area (Å²) in [4.78, 5) is 33.8. The molecule has 4 rings (SSSR count). The number of hydrogen-bond acceptors (Lipinski definition) is 5. The molecule has 0 fully saturated rings. The lowest BCUT2D eigenvalue weighted by molar-refractivity contribution is -0.382. The highest BCUT2D eigenvalue weighted by Gasteiger charge is 2.26. The smallest absolute Gasteiger partial charge is 0.304 e. The summed E-state index contributed by atoms with van der Waals surface area (Å²) in [5.74, 6) is 0. The largest absolute Gasteiger partial charge is 0.347 e. The van der Waals surface area contributed by atoms with Crippen LogP contribution in [0.3, 0.4) is 0 Å². The van der Waals surface area contributed by atoms with Gasteiger partial charge in [-0.15, -0.1) is 0 Å². The second-order valence-electron chi connectivity index (χ2n) is 6.35. The first-order chi connectivity index (χ1) is 12.9. The molecule has 132 valence electrons. The van der Waals surface area contributed by atoms with Crippen LogP contribution in [0.1, 0.15) is 16.7 Å². The van der Waals surface area contributed by atoms with Crippen LogP contribution in [0, 0.1) is 35.3 Å². The van der Waals surface area contributed by atoms with E-state index in [1.165, 1.54) is 6.07 Å². The van der Waals surface area contributed by atoms with Crippen LogP contribution in [-0.4, -0.2) is 19.9 Å². The number of nitro groups is 1. The van der Waals surface area contributed by atoms with E-state index in [9.17, 15) is 14.9 Å². The Morgan fingerprint density at radius 1 is 1.11 bits per heavy atom. The summed E-state index contributed by atoms with van der Waals surface area (Å²) in [5.41, 5.74) is 3.02. The van der Waals surface area contributed by atoms with Crippen LogP contribution < -0.4 is 5.56 Å². The molecular formula is C19H13N5O3. The second kappa shape index (κ2) is 5.78. The zero-order valence-electron chi connectivity index (χ0n) is 14.5. The Bertz CT molecular complexity index is 1360. The fourth-order valence-corrected chi connectivity index (χ4v) is 3.12. The molecule has 27 heavy (non-hydrogen) atoms. The Morgan fingerprint density at radius 2 is 1.85 bits per heavy atom. The molecule has 8 nitrogen and oxygen atoms in total. The van der Waals surface area contributed by atoms with E-state index in [0.717, 1.165) is 11.1 Å². The maximum atomic E-state index is 12.6. The lowest BCUT2D eigenvalue weighted by atomic mass is 10.1. The molecule has 0 unspecified atom stereocenters. The van der Waals surface area contributed by atoms with E-state index in [1.54, 1.807) is 12.1 Å². The molecule has 0 bridgehead atoms. The molecule has 2 aromatic heterocycles. The number of rotatable bonds is 2. The number of nitrogens with zero attached hydrogens (tertiary/aromatic N) is 3. The van der Waals surface area contributed by atoms with Gasteiger partial charge in [0.15, 0.2) is 5.69 Å². The minimum atomic E-state index is -0.568. The minimum absolute atomic E-state index is 0.0199. The van der Waals surface area contributed by atoms with E-state index < -0.39 is 10.5 Å². The van der Waals surface area contributed by atoms with Gasteiger partial charge in [-0.3, -0.25) is 14.9 Å². The van der Waals surface area contributed by atoms with Crippen molar-refractivity contribution in [2.45, 2.75) is 13.8 Å². The zero-order valence-corrected chi connectivity index (χ0v) is 14.5. The summed E-state index contributed by atoms with van der Waals surface area (Å²) >= 11 is 0. The summed E-state index contributed by atoms with van der Waals surface area (Å²) in [5, 5.41) is 21.0. The van der Waals surface area contributed by atoms with E-state index in [4.69, 9.17) is 5.26 Å². The topological polar surface area (TPSA) is 128 Å². The molecule has 2 aromatic carbocycles. The van der Waals surface area contributed by atoms with Gasteiger partial charge in [-0.2, -0.15) is 5.26 Å². The van der Waals surface area contributed by atoms with Crippen LogP contribution in [-0.2, 0) is 0 Å². The van der Waals surface area contributed by atoms with Crippen molar-refractivity contribution < 1.29 is 4.92 Å². The fourth-order valence-electron chi connectivity index (χ4n) is 3.12. The Labute approximate surface area is 152 Å². The number of aromatic nitrogens is 3. The van der Waals surface area contributed by atoms with Crippen LogP contribution >= 0.6 is 0 Å². The van der Waals surface area contributed by atoms with E-state index in [2.05, 4.69) is 15.0 Å². The predicted molar refractivity (Wildman–Crippen MR) is 100 cm³/mol. The van der Waals surface area contributed by atoms with Crippen molar-refractivity contribution in [3.63, 3.8) is 0 Å². The van der Waals surface area contributed by atoms with Crippen molar-refractivity contribution in [2.24, 2.45) is 0 Å². The maximum absolute atomic E-state index is 12.6. The quantitative estimate of drug-likeness (QED) is 0.418. The van der Waals surface area contributed by atoms with E-state index in [-0.39, 0.29) is 22.5 Å². The molecule has 2 N–H and O–H groups in total. The zero-order chi connectivity index (χ0) is 19.3. The van der Waals surface area contributed by atoms with Crippen LogP contribution in [0.2, 0.25) is 0 Å². The van der Waals surface area contributed by atoms with Gasteiger partial charge in [0.05, 0.1) is 38.5 Å². The number of hydrogen-bond donors (Lipinski definition) is 2. The Morgan fingerprint density at radius 3 is 2.56 bits per heavy atom. The highest BCUT2D eigenvalue weighted by molar-refractivity contribution is 5.98. The van der Waals surface area contributed by atoms with Gasteiger partial charge in [-0.25, -0.2) is 4.98 Å². The van der Waals surface area contributed by atoms with Crippen molar-refractivity contribution in [3.05, 3.63) is 67.5 Å². The molecule has 0 atom stereocenters. The van der Waals surface area contributed by atoms with Crippen molar-refractivity contribution in [2.75, 3.05) is 0 Å². The lowest BCUT2D eigenvalue weighted by Crippen LogP contribution is -2.12. The predicted octanol–water partition coefficient (Wildman–Crippen LogP) is 3.47. The molecule has 2 heterocycles.